The number of amides is 1. The maximum absolute atomic E-state index is 11.7. The highest BCUT2D eigenvalue weighted by Gasteiger charge is 2.17. The Balaban J connectivity index is 2.42. The number of hydrogen-bond acceptors (Lipinski definition) is 3. The molecule has 100 valence electrons. The summed E-state index contributed by atoms with van der Waals surface area (Å²) in [6, 6.07) is 7.49. The molecule has 0 aromatic heterocycles. The Labute approximate surface area is 109 Å². The highest BCUT2D eigenvalue weighted by atomic mass is 16.5. The lowest BCUT2D eigenvalue weighted by Gasteiger charge is -2.24. The summed E-state index contributed by atoms with van der Waals surface area (Å²) in [4.78, 5) is 11.7. The zero-order valence-electron chi connectivity index (χ0n) is 11.5. The Morgan fingerprint density at radius 3 is 2.39 bits per heavy atom. The molecule has 0 bridgehead atoms. The molecule has 0 spiro atoms. The average molecular weight is 250 g/mol. The number of methoxy groups -OCH3 is 1. The number of rotatable bonds is 6. The van der Waals surface area contributed by atoms with Gasteiger partial charge in [-0.3, -0.25) is 4.79 Å². The van der Waals surface area contributed by atoms with Gasteiger partial charge in [-0.15, -0.1) is 0 Å². The molecular weight excluding hydrogens is 228 g/mol. The fourth-order valence-corrected chi connectivity index (χ4v) is 1.40. The molecule has 4 heteroatoms. The zero-order valence-corrected chi connectivity index (χ0v) is 11.5. The molecule has 0 unspecified atom stereocenters. The van der Waals surface area contributed by atoms with Crippen LogP contribution >= 0.6 is 0 Å². The van der Waals surface area contributed by atoms with E-state index in [0.717, 1.165) is 17.9 Å². The minimum atomic E-state index is -0.154. The van der Waals surface area contributed by atoms with Crippen molar-refractivity contribution >= 4 is 11.6 Å². The molecule has 1 rings (SSSR count). The molecule has 2 N–H and O–H groups in total. The van der Waals surface area contributed by atoms with Crippen LogP contribution in [0.15, 0.2) is 24.3 Å². The first-order valence-corrected chi connectivity index (χ1v) is 6.16. The van der Waals surface area contributed by atoms with Crippen LogP contribution in [0.5, 0.6) is 5.75 Å². The van der Waals surface area contributed by atoms with Crippen molar-refractivity contribution in [2.24, 2.45) is 0 Å². The van der Waals surface area contributed by atoms with E-state index in [0.29, 0.717) is 0 Å². The van der Waals surface area contributed by atoms with Crippen molar-refractivity contribution in [1.82, 2.24) is 5.32 Å². The maximum atomic E-state index is 11.7. The summed E-state index contributed by atoms with van der Waals surface area (Å²) >= 11 is 0. The van der Waals surface area contributed by atoms with Crippen LogP contribution in [0.2, 0.25) is 0 Å². The first-order valence-electron chi connectivity index (χ1n) is 6.16. The second-order valence-corrected chi connectivity index (χ2v) is 4.87. The third-order valence-electron chi connectivity index (χ3n) is 2.90. The molecule has 0 radical (unpaired) electrons. The maximum Gasteiger partial charge on any atom is 0.239 e. The highest BCUT2D eigenvalue weighted by Crippen LogP contribution is 2.14. The Morgan fingerprint density at radius 1 is 1.28 bits per heavy atom. The predicted molar refractivity (Wildman–Crippen MR) is 74.0 cm³/mol. The molecule has 4 nitrogen and oxygen atoms in total. The molecule has 0 aliphatic carbocycles. The fourth-order valence-electron chi connectivity index (χ4n) is 1.40. The quantitative estimate of drug-likeness (QED) is 0.815. The number of ether oxygens (including phenoxy) is 1. The molecule has 1 aromatic rings. The molecule has 1 aromatic carbocycles. The fraction of sp³-hybridized carbons (Fsp3) is 0.500. The SMILES string of the molecule is CCC(C)(C)NC(=O)CNc1ccc(OC)cc1. The Kier molecular flexibility index (Phi) is 5.01. The van der Waals surface area contributed by atoms with Gasteiger partial charge in [0.1, 0.15) is 5.75 Å². The van der Waals surface area contributed by atoms with Crippen molar-refractivity contribution in [2.75, 3.05) is 19.0 Å². The van der Waals surface area contributed by atoms with E-state index in [9.17, 15) is 4.79 Å². The Hall–Kier alpha value is -1.71. The molecule has 0 heterocycles. The highest BCUT2D eigenvalue weighted by molar-refractivity contribution is 5.81. The first kappa shape index (κ1) is 14.4. The van der Waals surface area contributed by atoms with E-state index in [1.807, 2.05) is 38.1 Å². The topological polar surface area (TPSA) is 50.4 Å². The van der Waals surface area contributed by atoms with Crippen molar-refractivity contribution in [3.63, 3.8) is 0 Å². The first-order chi connectivity index (χ1) is 8.46. The van der Waals surface area contributed by atoms with Gasteiger partial charge in [0.15, 0.2) is 0 Å². The van der Waals surface area contributed by atoms with Crippen LogP contribution in [-0.4, -0.2) is 25.1 Å². The van der Waals surface area contributed by atoms with Gasteiger partial charge >= 0.3 is 0 Å². The zero-order chi connectivity index (χ0) is 13.6. The van der Waals surface area contributed by atoms with E-state index in [-0.39, 0.29) is 18.0 Å². The summed E-state index contributed by atoms with van der Waals surface area (Å²) in [6.07, 6.45) is 0.904. The predicted octanol–water partition coefficient (Wildman–Crippen LogP) is 2.41. The van der Waals surface area contributed by atoms with E-state index in [2.05, 4.69) is 17.6 Å². The van der Waals surface area contributed by atoms with Crippen LogP contribution in [0.25, 0.3) is 0 Å². The number of carbonyl (C=O) groups is 1. The van der Waals surface area contributed by atoms with Crippen LogP contribution < -0.4 is 15.4 Å². The summed E-state index contributed by atoms with van der Waals surface area (Å²) in [5.41, 5.74) is 0.749. The van der Waals surface area contributed by atoms with Crippen LogP contribution in [0.1, 0.15) is 27.2 Å². The smallest absolute Gasteiger partial charge is 0.239 e. The van der Waals surface area contributed by atoms with Crippen LogP contribution in [0.3, 0.4) is 0 Å². The van der Waals surface area contributed by atoms with Crippen LogP contribution in [0, 0.1) is 0 Å². The summed E-state index contributed by atoms with van der Waals surface area (Å²) in [5, 5.41) is 6.05. The van der Waals surface area contributed by atoms with Crippen molar-refractivity contribution in [3.8, 4) is 5.75 Å². The molecule has 0 aliphatic rings. The average Bonchev–Trinajstić information content (AvgIpc) is 2.36. The number of carbonyl (C=O) groups excluding carboxylic acids is 1. The molecule has 1 amide bonds. The molecule has 0 aliphatic heterocycles. The second-order valence-electron chi connectivity index (χ2n) is 4.87. The lowest BCUT2D eigenvalue weighted by molar-refractivity contribution is -0.121. The van der Waals surface area contributed by atoms with Gasteiger partial charge < -0.3 is 15.4 Å². The molecule has 18 heavy (non-hydrogen) atoms. The number of nitrogens with one attached hydrogen (secondary N) is 2. The molecule has 0 saturated carbocycles. The van der Waals surface area contributed by atoms with Crippen molar-refractivity contribution in [3.05, 3.63) is 24.3 Å². The summed E-state index contributed by atoms with van der Waals surface area (Å²) < 4.78 is 5.07. The third kappa shape index (κ3) is 4.65. The molecule has 0 fully saturated rings. The van der Waals surface area contributed by atoms with Gasteiger partial charge in [-0.25, -0.2) is 0 Å². The van der Waals surface area contributed by atoms with Gasteiger partial charge in [-0.2, -0.15) is 0 Å². The summed E-state index contributed by atoms with van der Waals surface area (Å²) in [6.45, 7) is 6.35. The summed E-state index contributed by atoms with van der Waals surface area (Å²) in [5.74, 6) is 0.801. The van der Waals surface area contributed by atoms with Gasteiger partial charge in [0.05, 0.1) is 13.7 Å². The number of anilines is 1. The minimum Gasteiger partial charge on any atom is -0.497 e. The van der Waals surface area contributed by atoms with Crippen molar-refractivity contribution in [2.45, 2.75) is 32.7 Å². The minimum absolute atomic E-state index is 0.00216. The molecule has 0 atom stereocenters. The van der Waals surface area contributed by atoms with E-state index in [4.69, 9.17) is 4.74 Å². The van der Waals surface area contributed by atoms with Gasteiger partial charge in [0.2, 0.25) is 5.91 Å². The number of benzene rings is 1. The van der Waals surface area contributed by atoms with Gasteiger partial charge in [-0.05, 0) is 44.5 Å². The van der Waals surface area contributed by atoms with Crippen molar-refractivity contribution < 1.29 is 9.53 Å². The standard InChI is InChI=1S/C14H22N2O2/c1-5-14(2,3)16-13(17)10-15-11-6-8-12(18-4)9-7-11/h6-9,15H,5,10H2,1-4H3,(H,16,17). The van der Waals surface area contributed by atoms with Crippen LogP contribution in [-0.2, 0) is 4.79 Å². The molecule has 0 saturated heterocycles. The lowest BCUT2D eigenvalue weighted by Crippen LogP contribution is -2.45. The van der Waals surface area contributed by atoms with E-state index < -0.39 is 0 Å². The number of hydrogen-bond donors (Lipinski definition) is 2. The summed E-state index contributed by atoms with van der Waals surface area (Å²) in [7, 11) is 1.63. The van der Waals surface area contributed by atoms with E-state index in [1.54, 1.807) is 7.11 Å². The van der Waals surface area contributed by atoms with E-state index >= 15 is 0 Å². The normalized spacial score (nSPS) is 10.9. The van der Waals surface area contributed by atoms with Gasteiger partial charge in [-0.1, -0.05) is 6.92 Å². The Bertz CT molecular complexity index is 385. The van der Waals surface area contributed by atoms with Gasteiger partial charge in [0, 0.05) is 11.2 Å². The molecular formula is C14H22N2O2. The second kappa shape index (κ2) is 6.28. The monoisotopic (exact) mass is 250 g/mol. The van der Waals surface area contributed by atoms with Gasteiger partial charge in [0.25, 0.3) is 0 Å². The third-order valence-corrected chi connectivity index (χ3v) is 2.90. The van der Waals surface area contributed by atoms with Crippen LogP contribution in [0.4, 0.5) is 5.69 Å². The largest absolute Gasteiger partial charge is 0.497 e. The Morgan fingerprint density at radius 2 is 1.89 bits per heavy atom. The van der Waals surface area contributed by atoms with E-state index in [1.165, 1.54) is 0 Å². The lowest BCUT2D eigenvalue weighted by atomic mass is 10.0. The van der Waals surface area contributed by atoms with Crippen molar-refractivity contribution in [1.29, 1.82) is 0 Å².